The van der Waals surface area contributed by atoms with E-state index in [2.05, 4.69) is 27.0 Å². The minimum Gasteiger partial charge on any atom is -0.478 e. The average Bonchev–Trinajstić information content (AvgIpc) is 2.69. The first-order valence-corrected chi connectivity index (χ1v) is 5.72. The second-order valence-corrected chi connectivity index (χ2v) is 4.35. The first-order chi connectivity index (χ1) is 7.29. The molecular formula is C11H13BrN2O. The van der Waals surface area contributed by atoms with Gasteiger partial charge in [0, 0.05) is 17.4 Å². The number of ether oxygens (including phenoxy) is 1. The predicted octanol–water partition coefficient (Wildman–Crippen LogP) is 1.75. The van der Waals surface area contributed by atoms with Gasteiger partial charge in [-0.15, -0.1) is 0 Å². The number of benzene rings is 1. The fourth-order valence-corrected chi connectivity index (χ4v) is 1.92. The molecule has 1 unspecified atom stereocenters. The molecule has 15 heavy (non-hydrogen) atoms. The van der Waals surface area contributed by atoms with Crippen molar-refractivity contribution in [3.8, 4) is 0 Å². The molecule has 0 aliphatic carbocycles. The smallest absolute Gasteiger partial charge is 0.188 e. The molecule has 2 N–H and O–H groups in total. The lowest BCUT2D eigenvalue weighted by Gasteiger charge is -2.03. The lowest BCUT2D eigenvalue weighted by atomic mass is 10.1. The van der Waals surface area contributed by atoms with E-state index < -0.39 is 0 Å². The van der Waals surface area contributed by atoms with Gasteiger partial charge in [-0.25, -0.2) is 4.99 Å². The van der Waals surface area contributed by atoms with Gasteiger partial charge in [0.25, 0.3) is 0 Å². The van der Waals surface area contributed by atoms with Crippen LogP contribution in [0.4, 0.5) is 0 Å². The van der Waals surface area contributed by atoms with Crippen LogP contribution >= 0.6 is 15.9 Å². The summed E-state index contributed by atoms with van der Waals surface area (Å²) >= 11 is 3.50. The third kappa shape index (κ3) is 2.58. The number of halogens is 1. The van der Waals surface area contributed by atoms with Gasteiger partial charge in [0.15, 0.2) is 5.90 Å². The van der Waals surface area contributed by atoms with Crippen LogP contribution in [0.3, 0.4) is 0 Å². The Labute approximate surface area is 97.5 Å². The summed E-state index contributed by atoms with van der Waals surface area (Å²) in [4.78, 5) is 4.39. The molecular weight excluding hydrogens is 256 g/mol. The molecule has 0 spiro atoms. The van der Waals surface area contributed by atoms with Gasteiger partial charge in [-0.05, 0) is 11.6 Å². The molecule has 80 valence electrons. The van der Waals surface area contributed by atoms with Gasteiger partial charge in [-0.1, -0.05) is 34.1 Å². The highest BCUT2D eigenvalue weighted by molar-refractivity contribution is 9.10. The number of hydrogen-bond acceptors (Lipinski definition) is 3. The summed E-state index contributed by atoms with van der Waals surface area (Å²) < 4.78 is 6.55. The summed E-state index contributed by atoms with van der Waals surface area (Å²) in [6.45, 7) is 1.18. The number of rotatable bonds is 3. The summed E-state index contributed by atoms with van der Waals surface area (Å²) in [6, 6.07) is 8.23. The fourth-order valence-electron chi connectivity index (χ4n) is 1.49. The number of nitrogens with zero attached hydrogens (tertiary/aromatic N) is 1. The standard InChI is InChI=1S/C11H13BrN2O/c12-10-4-2-1-3-8(10)5-11-14-9(6-13)7-15-11/h1-4,9H,5-7,13H2. The highest BCUT2D eigenvalue weighted by Gasteiger charge is 2.17. The van der Waals surface area contributed by atoms with Gasteiger partial charge in [0.05, 0.1) is 6.04 Å². The van der Waals surface area contributed by atoms with Crippen LogP contribution in [0.2, 0.25) is 0 Å². The largest absolute Gasteiger partial charge is 0.478 e. The van der Waals surface area contributed by atoms with Gasteiger partial charge >= 0.3 is 0 Å². The Morgan fingerprint density at radius 3 is 2.93 bits per heavy atom. The average molecular weight is 269 g/mol. The Morgan fingerprint density at radius 1 is 1.47 bits per heavy atom. The molecule has 1 aromatic carbocycles. The summed E-state index contributed by atoms with van der Waals surface area (Å²) in [5.41, 5.74) is 6.71. The quantitative estimate of drug-likeness (QED) is 0.908. The number of nitrogens with two attached hydrogens (primary N) is 1. The molecule has 0 amide bonds. The Kier molecular flexibility index (Phi) is 3.38. The van der Waals surface area contributed by atoms with Crippen molar-refractivity contribution in [3.05, 3.63) is 34.3 Å². The molecule has 0 fully saturated rings. The molecule has 4 heteroatoms. The first kappa shape index (κ1) is 10.6. The zero-order valence-electron chi connectivity index (χ0n) is 8.32. The van der Waals surface area contributed by atoms with Crippen LogP contribution in [0.25, 0.3) is 0 Å². The maximum atomic E-state index is 5.52. The Balaban J connectivity index is 2.07. The fraction of sp³-hybridized carbons (Fsp3) is 0.364. The molecule has 2 rings (SSSR count). The molecule has 3 nitrogen and oxygen atoms in total. The van der Waals surface area contributed by atoms with Crippen LogP contribution in [0.1, 0.15) is 5.56 Å². The van der Waals surface area contributed by atoms with Gasteiger partial charge in [-0.3, -0.25) is 0 Å². The molecule has 0 bridgehead atoms. The molecule has 1 atom stereocenters. The van der Waals surface area contributed by atoms with Crippen LogP contribution in [-0.4, -0.2) is 25.1 Å². The normalized spacial score (nSPS) is 19.9. The molecule has 0 saturated heterocycles. The second-order valence-electron chi connectivity index (χ2n) is 3.49. The Morgan fingerprint density at radius 2 is 2.27 bits per heavy atom. The van der Waals surface area contributed by atoms with E-state index in [1.165, 1.54) is 5.56 Å². The molecule has 1 heterocycles. The highest BCUT2D eigenvalue weighted by atomic mass is 79.9. The van der Waals surface area contributed by atoms with Crippen molar-refractivity contribution in [2.45, 2.75) is 12.5 Å². The molecule has 1 aliphatic rings. The summed E-state index contributed by atoms with van der Waals surface area (Å²) in [5, 5.41) is 0. The van der Waals surface area contributed by atoms with E-state index in [0.717, 1.165) is 16.8 Å². The van der Waals surface area contributed by atoms with E-state index >= 15 is 0 Å². The van der Waals surface area contributed by atoms with Crippen molar-refractivity contribution in [1.82, 2.24) is 0 Å². The predicted molar refractivity (Wildman–Crippen MR) is 64.1 cm³/mol. The van der Waals surface area contributed by atoms with Crippen LogP contribution in [-0.2, 0) is 11.2 Å². The first-order valence-electron chi connectivity index (χ1n) is 4.92. The second kappa shape index (κ2) is 4.77. The zero-order valence-corrected chi connectivity index (χ0v) is 9.90. The summed E-state index contributed by atoms with van der Waals surface area (Å²) in [6.07, 6.45) is 0.734. The number of hydrogen-bond donors (Lipinski definition) is 1. The van der Waals surface area contributed by atoms with Crippen molar-refractivity contribution in [2.24, 2.45) is 10.7 Å². The lowest BCUT2D eigenvalue weighted by molar-refractivity contribution is 0.313. The topological polar surface area (TPSA) is 47.6 Å². The van der Waals surface area contributed by atoms with Crippen molar-refractivity contribution < 1.29 is 4.74 Å². The molecule has 1 aliphatic heterocycles. The third-order valence-electron chi connectivity index (χ3n) is 2.34. The zero-order chi connectivity index (χ0) is 10.7. The maximum absolute atomic E-state index is 5.52. The van der Waals surface area contributed by atoms with E-state index in [4.69, 9.17) is 10.5 Å². The monoisotopic (exact) mass is 268 g/mol. The van der Waals surface area contributed by atoms with Gasteiger partial charge < -0.3 is 10.5 Å². The Hall–Kier alpha value is -0.870. The minimum atomic E-state index is 0.141. The van der Waals surface area contributed by atoms with Crippen LogP contribution in [0, 0.1) is 0 Å². The van der Waals surface area contributed by atoms with Crippen molar-refractivity contribution in [2.75, 3.05) is 13.2 Å². The van der Waals surface area contributed by atoms with E-state index in [0.29, 0.717) is 13.2 Å². The molecule has 0 saturated carbocycles. The number of aliphatic imine (C=N–C) groups is 1. The van der Waals surface area contributed by atoms with E-state index in [1.54, 1.807) is 0 Å². The molecule has 0 aromatic heterocycles. The highest BCUT2D eigenvalue weighted by Crippen LogP contribution is 2.18. The van der Waals surface area contributed by atoms with E-state index in [9.17, 15) is 0 Å². The lowest BCUT2D eigenvalue weighted by Crippen LogP contribution is -2.18. The third-order valence-corrected chi connectivity index (χ3v) is 3.11. The minimum absolute atomic E-state index is 0.141. The van der Waals surface area contributed by atoms with Gasteiger partial charge in [-0.2, -0.15) is 0 Å². The van der Waals surface area contributed by atoms with Crippen molar-refractivity contribution in [3.63, 3.8) is 0 Å². The molecule has 1 aromatic rings. The van der Waals surface area contributed by atoms with E-state index in [-0.39, 0.29) is 6.04 Å². The summed E-state index contributed by atoms with van der Waals surface area (Å²) in [7, 11) is 0. The van der Waals surface area contributed by atoms with Crippen molar-refractivity contribution >= 4 is 21.8 Å². The SMILES string of the molecule is NCC1COC(Cc2ccccc2Br)=N1. The Bertz CT molecular complexity index is 379. The van der Waals surface area contributed by atoms with Gasteiger partial charge in [0.2, 0.25) is 0 Å². The van der Waals surface area contributed by atoms with Crippen LogP contribution < -0.4 is 5.73 Å². The van der Waals surface area contributed by atoms with E-state index in [1.807, 2.05) is 18.2 Å². The van der Waals surface area contributed by atoms with Crippen LogP contribution in [0.15, 0.2) is 33.7 Å². The van der Waals surface area contributed by atoms with Crippen molar-refractivity contribution in [1.29, 1.82) is 0 Å². The van der Waals surface area contributed by atoms with Crippen LogP contribution in [0.5, 0.6) is 0 Å². The molecule has 0 radical (unpaired) electrons. The summed E-state index contributed by atoms with van der Waals surface area (Å²) in [5.74, 6) is 0.789. The van der Waals surface area contributed by atoms with Gasteiger partial charge in [0.1, 0.15) is 6.61 Å². The maximum Gasteiger partial charge on any atom is 0.188 e.